The van der Waals surface area contributed by atoms with E-state index in [0.29, 0.717) is 0 Å². The average Bonchev–Trinajstić information content (AvgIpc) is 2.42. The topological polar surface area (TPSA) is 106 Å². The van der Waals surface area contributed by atoms with Crippen molar-refractivity contribution in [3.63, 3.8) is 0 Å². The van der Waals surface area contributed by atoms with Crippen LogP contribution in [-0.2, 0) is 0 Å². The standard InChI is InChI=1S/C14H8ClFN4O/c1-6-2-7(10(15)3-11(6)16)12-8(4-17)13(19)20-14(21)9(12)5-18/h2-3H,1H3,(H3,19,20,21). The molecule has 104 valence electrons. The molecule has 3 N–H and O–H groups in total. The number of aromatic amines is 1. The number of anilines is 1. The minimum absolute atomic E-state index is 0.00866. The Hall–Kier alpha value is -2.83. The van der Waals surface area contributed by atoms with Crippen LogP contribution in [0.3, 0.4) is 0 Å². The Morgan fingerprint density at radius 3 is 2.48 bits per heavy atom. The summed E-state index contributed by atoms with van der Waals surface area (Å²) in [5, 5.41) is 18.3. The summed E-state index contributed by atoms with van der Waals surface area (Å²) in [6.45, 7) is 1.50. The van der Waals surface area contributed by atoms with Gasteiger partial charge in [0.1, 0.15) is 34.9 Å². The maximum absolute atomic E-state index is 13.5. The van der Waals surface area contributed by atoms with Gasteiger partial charge < -0.3 is 10.7 Å². The molecule has 0 spiro atoms. The molecule has 2 rings (SSSR count). The molecule has 1 heterocycles. The van der Waals surface area contributed by atoms with E-state index in [1.54, 1.807) is 6.07 Å². The van der Waals surface area contributed by atoms with E-state index < -0.39 is 11.4 Å². The van der Waals surface area contributed by atoms with Crippen molar-refractivity contribution in [1.82, 2.24) is 4.98 Å². The Balaban J connectivity index is 3.00. The Morgan fingerprint density at radius 2 is 1.90 bits per heavy atom. The van der Waals surface area contributed by atoms with Crippen LogP contribution in [0.15, 0.2) is 16.9 Å². The van der Waals surface area contributed by atoms with Crippen molar-refractivity contribution in [2.45, 2.75) is 6.92 Å². The van der Waals surface area contributed by atoms with Gasteiger partial charge in [0.05, 0.1) is 5.02 Å². The summed E-state index contributed by atoms with van der Waals surface area (Å²) in [6.07, 6.45) is 0. The van der Waals surface area contributed by atoms with Crippen LogP contribution in [0.25, 0.3) is 11.1 Å². The first-order valence-corrected chi connectivity index (χ1v) is 6.10. The summed E-state index contributed by atoms with van der Waals surface area (Å²) in [4.78, 5) is 14.0. The van der Waals surface area contributed by atoms with Crippen molar-refractivity contribution in [2.75, 3.05) is 5.73 Å². The fourth-order valence-corrected chi connectivity index (χ4v) is 2.21. The quantitative estimate of drug-likeness (QED) is 0.843. The zero-order chi connectivity index (χ0) is 15.7. The molecule has 7 heteroatoms. The first kappa shape index (κ1) is 14.6. The van der Waals surface area contributed by atoms with Crippen LogP contribution in [0, 0.1) is 35.4 Å². The Kier molecular flexibility index (Phi) is 3.66. The molecule has 0 aliphatic rings. The average molecular weight is 303 g/mol. The van der Waals surface area contributed by atoms with E-state index in [9.17, 15) is 14.4 Å². The van der Waals surface area contributed by atoms with Crippen LogP contribution < -0.4 is 11.3 Å². The molecule has 2 aromatic rings. The highest BCUT2D eigenvalue weighted by molar-refractivity contribution is 6.33. The number of nitriles is 2. The van der Waals surface area contributed by atoms with Gasteiger partial charge in [-0.1, -0.05) is 11.6 Å². The number of halogens is 2. The first-order chi connectivity index (χ1) is 9.90. The summed E-state index contributed by atoms with van der Waals surface area (Å²) in [5.74, 6) is -0.701. The summed E-state index contributed by atoms with van der Waals surface area (Å²) in [6, 6.07) is 5.98. The molecule has 0 aliphatic heterocycles. The molecule has 0 atom stereocenters. The number of nitrogen functional groups attached to an aromatic ring is 1. The number of hydrogen-bond acceptors (Lipinski definition) is 4. The predicted octanol–water partition coefficient (Wildman–Crippen LogP) is 2.47. The molecule has 0 saturated carbocycles. The Labute approximate surface area is 124 Å². The number of H-pyrrole nitrogens is 1. The summed E-state index contributed by atoms with van der Waals surface area (Å²) >= 11 is 5.99. The molecule has 1 aromatic carbocycles. The van der Waals surface area contributed by atoms with E-state index in [4.69, 9.17) is 22.6 Å². The maximum atomic E-state index is 13.5. The van der Waals surface area contributed by atoms with Gasteiger partial charge in [-0.15, -0.1) is 0 Å². The van der Waals surface area contributed by atoms with Gasteiger partial charge >= 0.3 is 0 Å². The van der Waals surface area contributed by atoms with Crippen LogP contribution in [0.4, 0.5) is 10.2 Å². The van der Waals surface area contributed by atoms with E-state index in [2.05, 4.69) is 4.98 Å². The molecule has 5 nitrogen and oxygen atoms in total. The molecule has 0 bridgehead atoms. The van der Waals surface area contributed by atoms with Gasteiger partial charge in [-0.2, -0.15) is 10.5 Å². The highest BCUT2D eigenvalue weighted by Gasteiger charge is 2.21. The van der Waals surface area contributed by atoms with Crippen molar-refractivity contribution < 1.29 is 4.39 Å². The van der Waals surface area contributed by atoms with Gasteiger partial charge in [-0.05, 0) is 24.6 Å². The van der Waals surface area contributed by atoms with E-state index in [1.165, 1.54) is 13.0 Å². The van der Waals surface area contributed by atoms with Crippen molar-refractivity contribution in [2.24, 2.45) is 0 Å². The van der Waals surface area contributed by atoms with Crippen LogP contribution >= 0.6 is 11.6 Å². The van der Waals surface area contributed by atoms with Gasteiger partial charge in [0.25, 0.3) is 5.56 Å². The third-order valence-electron chi connectivity index (χ3n) is 2.99. The fraction of sp³-hybridized carbons (Fsp3) is 0.0714. The number of nitrogens with two attached hydrogens (primary N) is 1. The second-order valence-corrected chi connectivity index (χ2v) is 4.70. The Morgan fingerprint density at radius 1 is 1.29 bits per heavy atom. The molecular weight excluding hydrogens is 295 g/mol. The zero-order valence-electron chi connectivity index (χ0n) is 10.8. The lowest BCUT2D eigenvalue weighted by molar-refractivity contribution is 0.619. The number of benzene rings is 1. The predicted molar refractivity (Wildman–Crippen MR) is 76.0 cm³/mol. The van der Waals surface area contributed by atoms with Gasteiger partial charge in [-0.25, -0.2) is 4.39 Å². The molecule has 0 unspecified atom stereocenters. The highest BCUT2D eigenvalue weighted by Crippen LogP contribution is 2.34. The van der Waals surface area contributed by atoms with Crippen LogP contribution in [0.2, 0.25) is 5.02 Å². The van der Waals surface area contributed by atoms with Gasteiger partial charge in [0.2, 0.25) is 0 Å². The molecule has 0 fully saturated rings. The minimum atomic E-state index is -0.734. The molecule has 0 amide bonds. The SMILES string of the molecule is Cc1cc(-c2c(C#N)c(N)[nH]c(=O)c2C#N)c(Cl)cc1F. The first-order valence-electron chi connectivity index (χ1n) is 5.72. The minimum Gasteiger partial charge on any atom is -0.384 e. The van der Waals surface area contributed by atoms with Crippen LogP contribution in [0.5, 0.6) is 0 Å². The number of nitrogens with one attached hydrogen (secondary N) is 1. The number of pyridine rings is 1. The molecular formula is C14H8ClFN4O. The lowest BCUT2D eigenvalue weighted by Gasteiger charge is -2.11. The van der Waals surface area contributed by atoms with Crippen molar-refractivity contribution >= 4 is 17.4 Å². The number of hydrogen-bond donors (Lipinski definition) is 2. The normalized spacial score (nSPS) is 9.95. The molecule has 0 radical (unpaired) electrons. The lowest BCUT2D eigenvalue weighted by Crippen LogP contribution is -2.16. The summed E-state index contributed by atoms with van der Waals surface area (Å²) in [5.41, 5.74) is 4.97. The maximum Gasteiger partial charge on any atom is 0.268 e. The zero-order valence-corrected chi connectivity index (χ0v) is 11.5. The smallest absolute Gasteiger partial charge is 0.268 e. The second-order valence-electron chi connectivity index (χ2n) is 4.30. The number of nitrogens with zero attached hydrogens (tertiary/aromatic N) is 2. The third-order valence-corrected chi connectivity index (χ3v) is 3.30. The van der Waals surface area contributed by atoms with Crippen LogP contribution in [-0.4, -0.2) is 4.98 Å². The van der Waals surface area contributed by atoms with Crippen molar-refractivity contribution in [3.8, 4) is 23.3 Å². The van der Waals surface area contributed by atoms with E-state index in [-0.39, 0.29) is 38.7 Å². The molecule has 21 heavy (non-hydrogen) atoms. The Bertz CT molecular complexity index is 890. The molecule has 1 aromatic heterocycles. The summed E-state index contributed by atoms with van der Waals surface area (Å²) in [7, 11) is 0. The largest absolute Gasteiger partial charge is 0.384 e. The van der Waals surface area contributed by atoms with Crippen molar-refractivity contribution in [3.05, 3.63) is 50.0 Å². The fourth-order valence-electron chi connectivity index (χ4n) is 1.96. The third kappa shape index (κ3) is 2.33. The monoisotopic (exact) mass is 302 g/mol. The van der Waals surface area contributed by atoms with Gasteiger partial charge in [-0.3, -0.25) is 4.79 Å². The number of aryl methyl sites for hydroxylation is 1. The number of aromatic nitrogens is 1. The van der Waals surface area contributed by atoms with Crippen LogP contribution in [0.1, 0.15) is 16.7 Å². The molecule has 0 saturated heterocycles. The lowest BCUT2D eigenvalue weighted by atomic mass is 9.95. The second kappa shape index (κ2) is 5.28. The van der Waals surface area contributed by atoms with Crippen molar-refractivity contribution in [1.29, 1.82) is 10.5 Å². The summed E-state index contributed by atoms with van der Waals surface area (Å²) < 4.78 is 13.5. The van der Waals surface area contributed by atoms with E-state index in [1.807, 2.05) is 6.07 Å². The number of rotatable bonds is 1. The molecule has 0 aliphatic carbocycles. The highest BCUT2D eigenvalue weighted by atomic mass is 35.5. The van der Waals surface area contributed by atoms with Gasteiger partial charge in [0.15, 0.2) is 0 Å². The van der Waals surface area contributed by atoms with E-state index >= 15 is 0 Å². The van der Waals surface area contributed by atoms with E-state index in [0.717, 1.165) is 6.07 Å². The van der Waals surface area contributed by atoms with Gasteiger partial charge in [0, 0.05) is 11.1 Å².